The molecule has 0 saturated carbocycles. The summed E-state index contributed by atoms with van der Waals surface area (Å²) in [7, 11) is 0. The molecule has 20 heavy (non-hydrogen) atoms. The molecule has 10 heteroatoms. The van der Waals surface area contributed by atoms with Gasteiger partial charge < -0.3 is 10.6 Å². The maximum absolute atomic E-state index is 12.3. The number of amides is 2. The number of hydrogen-bond donors (Lipinski definition) is 2. The first kappa shape index (κ1) is 18.0. The standard InChI is InChI=1S/C10H10F6N2O2/c11-5(7(13)14)1-3-17-9(19)10(20)18-4-2-6(12)8(15)16/h1-4H2,(H,17,19)(H,18,20). The maximum atomic E-state index is 12.3. The van der Waals surface area contributed by atoms with E-state index in [1.807, 2.05) is 10.6 Å². The number of rotatable bonds is 6. The van der Waals surface area contributed by atoms with Gasteiger partial charge in [0, 0.05) is 25.9 Å². The van der Waals surface area contributed by atoms with E-state index in [-0.39, 0.29) is 0 Å². The molecule has 0 heterocycles. The molecule has 2 N–H and O–H groups in total. The molecule has 114 valence electrons. The van der Waals surface area contributed by atoms with Crippen molar-refractivity contribution in [2.45, 2.75) is 12.8 Å². The van der Waals surface area contributed by atoms with Crippen molar-refractivity contribution in [3.8, 4) is 0 Å². The number of nitrogens with one attached hydrogen (secondary N) is 2. The minimum atomic E-state index is -2.53. The van der Waals surface area contributed by atoms with Crippen molar-refractivity contribution in [2.24, 2.45) is 0 Å². The Bertz CT molecular complexity index is 387. The first-order valence-electron chi connectivity index (χ1n) is 5.21. The quantitative estimate of drug-likeness (QED) is 0.583. The van der Waals surface area contributed by atoms with E-state index in [1.165, 1.54) is 0 Å². The summed E-state index contributed by atoms with van der Waals surface area (Å²) in [5.41, 5.74) is 0. The second kappa shape index (κ2) is 8.99. The van der Waals surface area contributed by atoms with Gasteiger partial charge in [-0.05, 0) is 0 Å². The Labute approximate surface area is 109 Å². The smallest absolute Gasteiger partial charge is 0.309 e. The molecule has 0 unspecified atom stereocenters. The van der Waals surface area contributed by atoms with Crippen molar-refractivity contribution in [1.29, 1.82) is 0 Å². The van der Waals surface area contributed by atoms with Gasteiger partial charge in [0.2, 0.25) is 0 Å². The minimum absolute atomic E-state index is 0.553. The summed E-state index contributed by atoms with van der Waals surface area (Å²) in [4.78, 5) is 22.0. The molecule has 0 bridgehead atoms. The molecule has 0 aliphatic heterocycles. The summed E-state index contributed by atoms with van der Waals surface area (Å²) in [5.74, 6) is -6.00. The van der Waals surface area contributed by atoms with Crippen molar-refractivity contribution in [3.05, 3.63) is 23.8 Å². The third-order valence-electron chi connectivity index (χ3n) is 1.88. The van der Waals surface area contributed by atoms with Crippen LogP contribution >= 0.6 is 0 Å². The van der Waals surface area contributed by atoms with Gasteiger partial charge in [0.15, 0.2) is 11.7 Å². The molecule has 0 fully saturated rings. The van der Waals surface area contributed by atoms with Crippen LogP contribution in [0.15, 0.2) is 23.8 Å². The summed E-state index contributed by atoms with van der Waals surface area (Å²) in [6.45, 7) is -1.11. The highest BCUT2D eigenvalue weighted by Crippen LogP contribution is 2.12. The Morgan fingerprint density at radius 3 is 1.20 bits per heavy atom. The van der Waals surface area contributed by atoms with Crippen molar-refractivity contribution in [2.75, 3.05) is 13.1 Å². The van der Waals surface area contributed by atoms with Gasteiger partial charge in [-0.15, -0.1) is 0 Å². The largest absolute Gasteiger partial charge is 0.347 e. The van der Waals surface area contributed by atoms with Crippen molar-refractivity contribution >= 4 is 11.8 Å². The zero-order valence-corrected chi connectivity index (χ0v) is 9.91. The van der Waals surface area contributed by atoms with E-state index in [2.05, 4.69) is 0 Å². The topological polar surface area (TPSA) is 58.2 Å². The van der Waals surface area contributed by atoms with Gasteiger partial charge >= 0.3 is 24.0 Å². The number of carbonyl (C=O) groups excluding carboxylic acids is 2. The van der Waals surface area contributed by atoms with Crippen LogP contribution in [0.2, 0.25) is 0 Å². The summed E-state index contributed by atoms with van der Waals surface area (Å²) < 4.78 is 71.1. The summed E-state index contributed by atoms with van der Waals surface area (Å²) in [6.07, 6.45) is -6.66. The lowest BCUT2D eigenvalue weighted by Crippen LogP contribution is -2.40. The van der Waals surface area contributed by atoms with E-state index in [0.717, 1.165) is 0 Å². The molecular weight excluding hydrogens is 294 g/mol. The summed E-state index contributed by atoms with van der Waals surface area (Å²) >= 11 is 0. The normalized spacial score (nSPS) is 9.70. The van der Waals surface area contributed by atoms with Gasteiger partial charge in [0.1, 0.15) is 0 Å². The molecule has 0 spiro atoms. The van der Waals surface area contributed by atoms with Crippen LogP contribution in [0.25, 0.3) is 0 Å². The van der Waals surface area contributed by atoms with Crippen LogP contribution in [0.4, 0.5) is 26.3 Å². The highest BCUT2D eigenvalue weighted by molar-refractivity contribution is 6.35. The molecule has 0 saturated heterocycles. The third kappa shape index (κ3) is 7.44. The molecule has 4 nitrogen and oxygen atoms in total. The van der Waals surface area contributed by atoms with Gasteiger partial charge in [-0.1, -0.05) is 0 Å². The van der Waals surface area contributed by atoms with Gasteiger partial charge in [-0.3, -0.25) is 9.59 Å². The van der Waals surface area contributed by atoms with Crippen molar-refractivity contribution < 1.29 is 35.9 Å². The monoisotopic (exact) mass is 304 g/mol. The Balaban J connectivity index is 3.97. The molecular formula is C10H10F6N2O2. The van der Waals surface area contributed by atoms with E-state index in [9.17, 15) is 35.9 Å². The average Bonchev–Trinajstić information content (AvgIpc) is 2.37. The van der Waals surface area contributed by atoms with Gasteiger partial charge in [-0.2, -0.15) is 17.6 Å². The number of carbonyl (C=O) groups is 2. The Morgan fingerprint density at radius 2 is 0.950 bits per heavy atom. The van der Waals surface area contributed by atoms with E-state index < -0.39 is 61.6 Å². The summed E-state index contributed by atoms with van der Waals surface area (Å²) in [6, 6.07) is 0. The van der Waals surface area contributed by atoms with E-state index in [0.29, 0.717) is 0 Å². The average molecular weight is 304 g/mol. The molecule has 0 aromatic rings. The third-order valence-corrected chi connectivity index (χ3v) is 1.88. The first-order valence-corrected chi connectivity index (χ1v) is 5.21. The van der Waals surface area contributed by atoms with Gasteiger partial charge in [0.05, 0.1) is 0 Å². The van der Waals surface area contributed by atoms with Crippen LogP contribution in [0.5, 0.6) is 0 Å². The Morgan fingerprint density at radius 1 is 0.650 bits per heavy atom. The van der Waals surface area contributed by atoms with Crippen LogP contribution in [0.1, 0.15) is 12.8 Å². The first-order chi connectivity index (χ1) is 9.25. The van der Waals surface area contributed by atoms with Crippen molar-refractivity contribution in [3.63, 3.8) is 0 Å². The molecule has 0 aromatic carbocycles. The minimum Gasteiger partial charge on any atom is -0.347 e. The lowest BCUT2D eigenvalue weighted by Gasteiger charge is -2.05. The maximum Gasteiger partial charge on any atom is 0.309 e. The van der Waals surface area contributed by atoms with Crippen LogP contribution in [0.3, 0.4) is 0 Å². The Kier molecular flexibility index (Phi) is 8.09. The second-order valence-corrected chi connectivity index (χ2v) is 3.34. The second-order valence-electron chi connectivity index (χ2n) is 3.34. The van der Waals surface area contributed by atoms with E-state index >= 15 is 0 Å². The predicted molar refractivity (Wildman–Crippen MR) is 56.0 cm³/mol. The zero-order valence-electron chi connectivity index (χ0n) is 9.91. The molecule has 0 atom stereocenters. The van der Waals surface area contributed by atoms with Gasteiger partial charge in [0.25, 0.3) is 0 Å². The van der Waals surface area contributed by atoms with Gasteiger partial charge in [-0.25, -0.2) is 8.78 Å². The van der Waals surface area contributed by atoms with Crippen LogP contribution in [-0.4, -0.2) is 24.9 Å². The molecule has 0 aliphatic rings. The SMILES string of the molecule is O=C(NCCC(F)=C(F)F)C(=O)NCCC(F)=C(F)F. The lowest BCUT2D eigenvalue weighted by atomic mass is 10.3. The van der Waals surface area contributed by atoms with Crippen LogP contribution < -0.4 is 10.6 Å². The van der Waals surface area contributed by atoms with E-state index in [1.54, 1.807) is 0 Å². The van der Waals surface area contributed by atoms with Crippen LogP contribution in [-0.2, 0) is 9.59 Å². The molecule has 0 aromatic heterocycles. The highest BCUT2D eigenvalue weighted by atomic mass is 19.3. The highest BCUT2D eigenvalue weighted by Gasteiger charge is 2.14. The predicted octanol–water partition coefficient (Wildman–Crippen LogP) is 2.15. The zero-order chi connectivity index (χ0) is 15.7. The molecule has 2 amide bonds. The molecule has 0 rings (SSSR count). The number of hydrogen-bond acceptors (Lipinski definition) is 2. The fraction of sp³-hybridized carbons (Fsp3) is 0.400. The van der Waals surface area contributed by atoms with Crippen molar-refractivity contribution in [1.82, 2.24) is 10.6 Å². The Hall–Kier alpha value is -2.00. The van der Waals surface area contributed by atoms with Crippen LogP contribution in [0, 0.1) is 0 Å². The fourth-order valence-electron chi connectivity index (χ4n) is 0.921. The lowest BCUT2D eigenvalue weighted by molar-refractivity contribution is -0.139. The molecule has 0 aliphatic carbocycles. The fourth-order valence-corrected chi connectivity index (χ4v) is 0.921. The summed E-state index contributed by atoms with van der Waals surface area (Å²) in [5, 5.41) is 3.63. The molecule has 0 radical (unpaired) electrons. The number of halogens is 6. The van der Waals surface area contributed by atoms with E-state index in [4.69, 9.17) is 0 Å².